The third-order valence-electron chi connectivity index (χ3n) is 2.95. The Labute approximate surface area is 120 Å². The SMILES string of the molecule is C#CCC(N)C(=O)NCc1cc(Br)cc2c1OCC2. The Balaban J connectivity index is 2.05. The van der Waals surface area contributed by atoms with Gasteiger partial charge in [-0.05, 0) is 17.7 Å². The molecule has 2 rings (SSSR count). The van der Waals surface area contributed by atoms with E-state index in [4.69, 9.17) is 16.9 Å². The first-order valence-corrected chi connectivity index (χ1v) is 6.82. The fourth-order valence-corrected chi connectivity index (χ4v) is 2.56. The summed E-state index contributed by atoms with van der Waals surface area (Å²) in [6.45, 7) is 1.07. The highest BCUT2D eigenvalue weighted by atomic mass is 79.9. The molecule has 19 heavy (non-hydrogen) atoms. The molecular weight excluding hydrogens is 308 g/mol. The summed E-state index contributed by atoms with van der Waals surface area (Å²) in [6.07, 6.45) is 6.26. The number of carbonyl (C=O) groups is 1. The molecule has 0 radical (unpaired) electrons. The van der Waals surface area contributed by atoms with Gasteiger partial charge in [-0.15, -0.1) is 12.3 Å². The molecule has 1 aliphatic rings. The van der Waals surface area contributed by atoms with Crippen LogP contribution in [0.3, 0.4) is 0 Å². The Morgan fingerprint density at radius 1 is 1.63 bits per heavy atom. The standard InChI is InChI=1S/C14H15BrN2O2/c1-2-3-12(16)14(18)17-8-10-7-11(15)6-9-4-5-19-13(9)10/h1,6-7,12H,3-5,8,16H2,(H,17,18). The first-order chi connectivity index (χ1) is 9.11. The second-order valence-electron chi connectivity index (χ2n) is 4.38. The first-order valence-electron chi connectivity index (χ1n) is 6.02. The zero-order chi connectivity index (χ0) is 13.8. The summed E-state index contributed by atoms with van der Waals surface area (Å²) in [4.78, 5) is 11.7. The molecule has 0 fully saturated rings. The number of fused-ring (bicyclic) bond motifs is 1. The van der Waals surface area contributed by atoms with Crippen LogP contribution < -0.4 is 15.8 Å². The highest BCUT2D eigenvalue weighted by Crippen LogP contribution is 2.32. The van der Waals surface area contributed by atoms with E-state index in [1.54, 1.807) is 0 Å². The van der Waals surface area contributed by atoms with Crippen LogP contribution >= 0.6 is 15.9 Å². The van der Waals surface area contributed by atoms with Crippen LogP contribution in [0.2, 0.25) is 0 Å². The molecule has 5 heteroatoms. The number of hydrogen-bond acceptors (Lipinski definition) is 3. The van der Waals surface area contributed by atoms with E-state index in [1.165, 1.54) is 0 Å². The van der Waals surface area contributed by atoms with Crippen molar-refractivity contribution in [3.05, 3.63) is 27.7 Å². The van der Waals surface area contributed by atoms with Gasteiger partial charge in [-0.1, -0.05) is 15.9 Å². The van der Waals surface area contributed by atoms with Crippen LogP contribution in [0.4, 0.5) is 0 Å². The molecule has 0 saturated heterocycles. The third kappa shape index (κ3) is 3.28. The molecule has 1 aliphatic heterocycles. The van der Waals surface area contributed by atoms with Crippen LogP contribution in [0.15, 0.2) is 16.6 Å². The van der Waals surface area contributed by atoms with Crippen LogP contribution in [-0.2, 0) is 17.8 Å². The number of rotatable bonds is 4. The monoisotopic (exact) mass is 322 g/mol. The normalized spacial score (nSPS) is 14.2. The number of carbonyl (C=O) groups excluding carboxylic acids is 1. The summed E-state index contributed by atoms with van der Waals surface area (Å²) in [5.41, 5.74) is 7.75. The van der Waals surface area contributed by atoms with Crippen LogP contribution in [-0.4, -0.2) is 18.6 Å². The quantitative estimate of drug-likeness (QED) is 0.822. The highest BCUT2D eigenvalue weighted by molar-refractivity contribution is 9.10. The number of terminal acetylenes is 1. The Hall–Kier alpha value is -1.51. The van der Waals surface area contributed by atoms with E-state index in [9.17, 15) is 4.79 Å². The van der Waals surface area contributed by atoms with Crippen molar-refractivity contribution in [1.82, 2.24) is 5.32 Å². The maximum atomic E-state index is 11.7. The molecule has 1 heterocycles. The van der Waals surface area contributed by atoms with Crippen LogP contribution in [0.1, 0.15) is 17.5 Å². The van der Waals surface area contributed by atoms with Gasteiger partial charge >= 0.3 is 0 Å². The van der Waals surface area contributed by atoms with E-state index < -0.39 is 6.04 Å². The molecule has 3 N–H and O–H groups in total. The smallest absolute Gasteiger partial charge is 0.238 e. The lowest BCUT2D eigenvalue weighted by molar-refractivity contribution is -0.122. The largest absolute Gasteiger partial charge is 0.493 e. The molecule has 1 aromatic rings. The van der Waals surface area contributed by atoms with E-state index in [0.29, 0.717) is 13.2 Å². The van der Waals surface area contributed by atoms with Crippen molar-refractivity contribution in [1.29, 1.82) is 0 Å². The molecule has 1 unspecified atom stereocenters. The molecule has 4 nitrogen and oxygen atoms in total. The van der Waals surface area contributed by atoms with Gasteiger partial charge in [0, 0.05) is 29.4 Å². The van der Waals surface area contributed by atoms with E-state index >= 15 is 0 Å². The Morgan fingerprint density at radius 2 is 2.42 bits per heavy atom. The average molecular weight is 323 g/mol. The summed E-state index contributed by atoms with van der Waals surface area (Å²) in [6, 6.07) is 3.32. The van der Waals surface area contributed by atoms with Gasteiger partial charge in [0.1, 0.15) is 5.75 Å². The molecule has 0 spiro atoms. The van der Waals surface area contributed by atoms with E-state index in [0.717, 1.165) is 27.8 Å². The van der Waals surface area contributed by atoms with Crippen LogP contribution in [0.25, 0.3) is 0 Å². The first kappa shape index (κ1) is 13.9. The molecule has 100 valence electrons. The van der Waals surface area contributed by atoms with Crippen molar-refractivity contribution in [2.75, 3.05) is 6.61 Å². The van der Waals surface area contributed by atoms with Crippen molar-refractivity contribution in [2.24, 2.45) is 5.73 Å². The van der Waals surface area contributed by atoms with Crippen molar-refractivity contribution < 1.29 is 9.53 Å². The predicted octanol–water partition coefficient (Wildman–Crippen LogP) is 1.35. The summed E-state index contributed by atoms with van der Waals surface area (Å²) in [5.74, 6) is 3.00. The Kier molecular flexibility index (Phi) is 4.46. The van der Waals surface area contributed by atoms with Gasteiger partial charge in [0.05, 0.1) is 12.6 Å². The highest BCUT2D eigenvalue weighted by Gasteiger charge is 2.18. The number of ether oxygens (including phenoxy) is 1. The van der Waals surface area contributed by atoms with Crippen molar-refractivity contribution in [2.45, 2.75) is 25.4 Å². The molecule has 1 atom stereocenters. The predicted molar refractivity (Wildman–Crippen MR) is 76.6 cm³/mol. The lowest BCUT2D eigenvalue weighted by atomic mass is 10.1. The molecule has 0 bridgehead atoms. The number of nitrogens with one attached hydrogen (secondary N) is 1. The fourth-order valence-electron chi connectivity index (χ4n) is 2.01. The van der Waals surface area contributed by atoms with Crippen molar-refractivity contribution in [3.8, 4) is 18.1 Å². The zero-order valence-electron chi connectivity index (χ0n) is 10.4. The van der Waals surface area contributed by atoms with Gasteiger partial charge < -0.3 is 15.8 Å². The van der Waals surface area contributed by atoms with Crippen molar-refractivity contribution >= 4 is 21.8 Å². The summed E-state index contributed by atoms with van der Waals surface area (Å²) < 4.78 is 6.57. The van der Waals surface area contributed by atoms with Gasteiger partial charge in [-0.2, -0.15) is 0 Å². The minimum absolute atomic E-state index is 0.235. The molecule has 0 aliphatic carbocycles. The van der Waals surface area contributed by atoms with Gasteiger partial charge in [0.2, 0.25) is 5.91 Å². The lowest BCUT2D eigenvalue weighted by Crippen LogP contribution is -2.39. The summed E-state index contributed by atoms with van der Waals surface area (Å²) in [5, 5.41) is 2.78. The second kappa shape index (κ2) is 6.09. The Morgan fingerprint density at radius 3 is 3.16 bits per heavy atom. The average Bonchev–Trinajstić information content (AvgIpc) is 2.83. The van der Waals surface area contributed by atoms with E-state index in [-0.39, 0.29) is 12.3 Å². The van der Waals surface area contributed by atoms with Crippen LogP contribution in [0.5, 0.6) is 5.75 Å². The maximum Gasteiger partial charge on any atom is 0.238 e. The third-order valence-corrected chi connectivity index (χ3v) is 3.41. The lowest BCUT2D eigenvalue weighted by Gasteiger charge is -2.12. The topological polar surface area (TPSA) is 64.4 Å². The minimum Gasteiger partial charge on any atom is -0.493 e. The van der Waals surface area contributed by atoms with Gasteiger partial charge in [-0.25, -0.2) is 0 Å². The second-order valence-corrected chi connectivity index (χ2v) is 5.30. The fraction of sp³-hybridized carbons (Fsp3) is 0.357. The number of amides is 1. The molecule has 0 saturated carbocycles. The molecule has 1 amide bonds. The van der Waals surface area contributed by atoms with Gasteiger partial charge in [-0.3, -0.25) is 4.79 Å². The number of benzene rings is 1. The summed E-state index contributed by atoms with van der Waals surface area (Å²) >= 11 is 3.46. The number of halogens is 1. The van der Waals surface area contributed by atoms with E-state index in [1.807, 2.05) is 12.1 Å². The Bertz CT molecular complexity index is 537. The van der Waals surface area contributed by atoms with Gasteiger partial charge in [0.15, 0.2) is 0 Å². The van der Waals surface area contributed by atoms with Crippen molar-refractivity contribution in [3.63, 3.8) is 0 Å². The molecule has 1 aromatic carbocycles. The maximum absolute atomic E-state index is 11.7. The zero-order valence-corrected chi connectivity index (χ0v) is 12.0. The number of hydrogen-bond donors (Lipinski definition) is 2. The molecular formula is C14H15BrN2O2. The molecule has 0 aromatic heterocycles. The number of nitrogens with two attached hydrogens (primary N) is 1. The van der Waals surface area contributed by atoms with E-state index in [2.05, 4.69) is 27.2 Å². The van der Waals surface area contributed by atoms with Crippen LogP contribution in [0, 0.1) is 12.3 Å². The minimum atomic E-state index is -0.661. The van der Waals surface area contributed by atoms with Gasteiger partial charge in [0.25, 0.3) is 0 Å². The summed E-state index contributed by atoms with van der Waals surface area (Å²) in [7, 11) is 0.